The van der Waals surface area contributed by atoms with Crippen LogP contribution in [0.15, 0.2) is 218 Å². The third kappa shape index (κ3) is 10.5. The Balaban J connectivity index is 1.03. The first-order chi connectivity index (χ1) is 43.9. The van der Waals surface area contributed by atoms with E-state index in [4.69, 9.17) is 12.5 Å². The molecule has 0 atom stereocenters. The summed E-state index contributed by atoms with van der Waals surface area (Å²) in [6.45, 7) is 14.1. The lowest BCUT2D eigenvalue weighted by atomic mass is 9.74. The Morgan fingerprint density at radius 1 is 0.471 bits per heavy atom. The number of anilines is 4. The fraction of sp³-hybridized carbons (Fsp3) is 0.263. The van der Waals surface area contributed by atoms with Crippen molar-refractivity contribution in [2.75, 3.05) is 16.5 Å². The Hall–Kier alpha value is -8.67. The van der Waals surface area contributed by atoms with Crippen molar-refractivity contribution in [1.29, 1.82) is 0 Å². The van der Waals surface area contributed by atoms with Crippen molar-refractivity contribution in [3.8, 4) is 61.8 Å². The molecule has 11 aromatic rings. The largest absolute Gasteiger partial charge is 0.457 e. The molecule has 9 aromatic carbocycles. The summed E-state index contributed by atoms with van der Waals surface area (Å²) in [5.74, 6) is 2.42. The van der Waals surface area contributed by atoms with Crippen LogP contribution in [0.2, 0.25) is 0 Å². The molecular weight excluding hydrogens is 1030 g/mol. The highest BCUT2D eigenvalue weighted by Gasteiger charge is 2.36. The molecule has 0 radical (unpaired) electrons. The van der Waals surface area contributed by atoms with Crippen LogP contribution in [0, 0.1) is 0 Å². The van der Waals surface area contributed by atoms with E-state index < -0.39 is 0 Å². The van der Waals surface area contributed by atoms with Crippen LogP contribution in [-0.2, 0) is 10.8 Å². The third-order valence-corrected chi connectivity index (χ3v) is 18.3. The second-order valence-corrected chi connectivity index (χ2v) is 26.0. The Labute approximate surface area is 512 Å². The van der Waals surface area contributed by atoms with Crippen LogP contribution in [0.25, 0.3) is 72.1 Å². The van der Waals surface area contributed by atoms with Crippen LogP contribution in [-0.4, -0.2) is 16.2 Å². The maximum absolute atomic E-state index is 10.4. The molecule has 5 nitrogen and oxygen atoms in total. The molecule has 0 saturated heterocycles. The van der Waals surface area contributed by atoms with Crippen molar-refractivity contribution < 1.29 is 13.0 Å². The quantitative estimate of drug-likeness (QED) is 0.129. The van der Waals surface area contributed by atoms with E-state index in [0.717, 1.165) is 50.4 Å². The molecule has 5 heteroatoms. The lowest BCUT2D eigenvalue weighted by Gasteiger charge is -2.36. The van der Waals surface area contributed by atoms with Gasteiger partial charge in [0, 0.05) is 40.5 Å². The highest BCUT2D eigenvalue weighted by atomic mass is 16.5. The Morgan fingerprint density at radius 2 is 1.04 bits per heavy atom. The zero-order valence-corrected chi connectivity index (χ0v) is 50.0. The van der Waals surface area contributed by atoms with E-state index in [1.165, 1.54) is 86.6 Å². The fourth-order valence-corrected chi connectivity index (χ4v) is 13.8. The van der Waals surface area contributed by atoms with E-state index in [0.29, 0.717) is 74.3 Å². The van der Waals surface area contributed by atoms with E-state index in [2.05, 4.69) is 130 Å². The summed E-state index contributed by atoms with van der Waals surface area (Å²) in [4.78, 5) is 9.96. The molecule has 3 aliphatic rings. The van der Waals surface area contributed by atoms with Crippen molar-refractivity contribution >= 4 is 44.6 Å². The molecule has 85 heavy (non-hydrogen) atoms. The molecule has 2 saturated carbocycles. The van der Waals surface area contributed by atoms with Gasteiger partial charge in [-0.05, 0) is 182 Å². The molecule has 14 rings (SSSR count). The summed E-state index contributed by atoms with van der Waals surface area (Å²) in [6, 6.07) is 60.0. The topological polar surface area (TPSA) is 33.5 Å². The standard InChI is InChI=1S/C80H78N4O/c1-79(2,3)61-42-43-81-76(50-61)84-72-37-23-22-36-66(72)67-41-40-64(52-75(67)84)85-65-45-60(77-68(55-28-14-8-15-29-55)46-59(54-26-12-7-13-27-54)47-69(77)56-30-16-9-17-31-56)44-63(51-65)82-53-83(74-39-25-24-38-73(74)82)78-70(57-32-18-10-19-33-57)48-62(80(4,5)6)49-71(78)58-34-20-11-21-35-58/h7-9,12-17,22-31,36-52,57-58H,10-11,18-21,32-35,53H2,1-6H3/i22D,23D,36D,37D,46D,47D. The summed E-state index contributed by atoms with van der Waals surface area (Å²) in [5, 5.41) is 1.04. The van der Waals surface area contributed by atoms with Gasteiger partial charge in [0.1, 0.15) is 24.0 Å². The smallest absolute Gasteiger partial charge is 0.137 e. The molecule has 1 aliphatic heterocycles. The maximum Gasteiger partial charge on any atom is 0.137 e. The average molecular weight is 1120 g/mol. The van der Waals surface area contributed by atoms with Gasteiger partial charge in [-0.2, -0.15) is 0 Å². The van der Waals surface area contributed by atoms with Gasteiger partial charge in [0.25, 0.3) is 0 Å². The second kappa shape index (κ2) is 22.4. The summed E-state index contributed by atoms with van der Waals surface area (Å²) in [5.41, 5.74) is 16.5. The van der Waals surface area contributed by atoms with E-state index in [1.807, 2.05) is 102 Å². The number of rotatable bonds is 11. The predicted octanol–water partition coefficient (Wildman–Crippen LogP) is 22.6. The molecule has 2 aromatic heterocycles. The zero-order valence-electron chi connectivity index (χ0n) is 56.0. The summed E-state index contributed by atoms with van der Waals surface area (Å²) in [6.07, 6.45) is 13.9. The molecular formula is C80H78N4O. The van der Waals surface area contributed by atoms with Gasteiger partial charge < -0.3 is 14.5 Å². The van der Waals surface area contributed by atoms with Crippen LogP contribution >= 0.6 is 0 Å². The minimum absolute atomic E-state index is 0.0348. The molecule has 0 amide bonds. The average Bonchev–Trinajstić information content (AvgIpc) is 1.72. The van der Waals surface area contributed by atoms with Gasteiger partial charge in [0.05, 0.1) is 30.6 Å². The number of ether oxygens (including phenoxy) is 1. The number of benzene rings is 9. The van der Waals surface area contributed by atoms with Gasteiger partial charge in [0.2, 0.25) is 0 Å². The van der Waals surface area contributed by atoms with E-state index in [1.54, 1.807) is 6.20 Å². The number of pyridine rings is 1. The second-order valence-electron chi connectivity index (χ2n) is 26.0. The van der Waals surface area contributed by atoms with Gasteiger partial charge in [-0.25, -0.2) is 4.98 Å². The first kappa shape index (κ1) is 47.7. The van der Waals surface area contributed by atoms with Crippen LogP contribution in [0.1, 0.15) is 148 Å². The molecule has 424 valence electrons. The number of nitrogens with zero attached hydrogens (tertiary/aromatic N) is 4. The number of hydrogen-bond acceptors (Lipinski definition) is 4. The summed E-state index contributed by atoms with van der Waals surface area (Å²) in [7, 11) is 0. The highest BCUT2D eigenvalue weighted by molar-refractivity contribution is 6.09. The molecule has 2 aliphatic carbocycles. The van der Waals surface area contributed by atoms with Crippen molar-refractivity contribution in [1.82, 2.24) is 9.55 Å². The minimum Gasteiger partial charge on any atom is -0.457 e. The minimum atomic E-state index is -0.318. The SMILES string of the molecule is [2H]c1c(-c2ccccc2)c([2H])c(-c2ccccc2)c(-c2cc(Oc3ccc4c5c([2H])c([2H])c([2H])c([2H])c5n(-c5cc(C(C)(C)C)ccn5)c4c3)cc(N3CN(c4c(C5CCCCC5)cc(C(C)(C)C)cc4C4CCCCC4)c4ccccc43)c2)c1-c1ccccc1. The molecule has 0 N–H and O–H groups in total. The molecule has 3 heterocycles. The predicted molar refractivity (Wildman–Crippen MR) is 358 cm³/mol. The van der Waals surface area contributed by atoms with Crippen LogP contribution in [0.3, 0.4) is 0 Å². The van der Waals surface area contributed by atoms with Crippen LogP contribution in [0.5, 0.6) is 11.5 Å². The van der Waals surface area contributed by atoms with Gasteiger partial charge >= 0.3 is 0 Å². The van der Waals surface area contributed by atoms with Crippen molar-refractivity contribution in [2.45, 2.75) is 128 Å². The Morgan fingerprint density at radius 3 is 1.64 bits per heavy atom. The highest BCUT2D eigenvalue weighted by Crippen LogP contribution is 2.54. The normalized spacial score (nSPS) is 16.2. The fourth-order valence-electron chi connectivity index (χ4n) is 13.8. The number of hydrogen-bond donors (Lipinski definition) is 0. The monoisotopic (exact) mass is 1120 g/mol. The third-order valence-electron chi connectivity index (χ3n) is 18.3. The van der Waals surface area contributed by atoms with Crippen molar-refractivity contribution in [3.63, 3.8) is 0 Å². The van der Waals surface area contributed by atoms with E-state index >= 15 is 0 Å². The number of fused-ring (bicyclic) bond motifs is 4. The lowest BCUT2D eigenvalue weighted by Crippen LogP contribution is -2.28. The van der Waals surface area contributed by atoms with E-state index in [-0.39, 0.29) is 47.1 Å². The zero-order chi connectivity index (χ0) is 63.0. The first-order valence-electron chi connectivity index (χ1n) is 33.9. The first-order valence-corrected chi connectivity index (χ1v) is 30.9. The van der Waals surface area contributed by atoms with Crippen LogP contribution in [0.4, 0.5) is 22.7 Å². The maximum atomic E-state index is 10.4. The van der Waals surface area contributed by atoms with Crippen molar-refractivity contribution in [3.05, 3.63) is 241 Å². The number of para-hydroxylation sites is 3. The molecule has 2 fully saturated rings. The Bertz CT molecular complexity index is 4490. The van der Waals surface area contributed by atoms with Gasteiger partial charge in [-0.15, -0.1) is 0 Å². The number of aromatic nitrogens is 2. The van der Waals surface area contributed by atoms with Gasteiger partial charge in [-0.3, -0.25) is 4.57 Å². The Kier molecular flexibility index (Phi) is 12.6. The van der Waals surface area contributed by atoms with E-state index in [9.17, 15) is 5.48 Å². The molecule has 0 bridgehead atoms. The molecule has 0 unspecified atom stereocenters. The summed E-state index contributed by atoms with van der Waals surface area (Å²) < 4.78 is 66.6. The summed E-state index contributed by atoms with van der Waals surface area (Å²) >= 11 is 0. The van der Waals surface area contributed by atoms with Crippen LogP contribution < -0.4 is 14.5 Å². The van der Waals surface area contributed by atoms with Gasteiger partial charge in [-0.1, -0.05) is 213 Å². The molecule has 0 spiro atoms. The van der Waals surface area contributed by atoms with Crippen molar-refractivity contribution in [2.24, 2.45) is 0 Å². The van der Waals surface area contributed by atoms with Gasteiger partial charge in [0.15, 0.2) is 0 Å². The lowest BCUT2D eigenvalue weighted by molar-refractivity contribution is 0.434.